The molecule has 2 aromatic carbocycles. The van der Waals surface area contributed by atoms with Crippen molar-refractivity contribution in [2.75, 3.05) is 5.32 Å². The highest BCUT2D eigenvalue weighted by molar-refractivity contribution is 6.09. The van der Waals surface area contributed by atoms with Crippen LogP contribution in [0.15, 0.2) is 48.0 Å². The molecule has 7 nitrogen and oxygen atoms in total. The van der Waals surface area contributed by atoms with Gasteiger partial charge in [0.05, 0.1) is 4.92 Å². The Morgan fingerprint density at radius 1 is 1.33 bits per heavy atom. The number of aryl methyl sites for hydroxylation is 1. The van der Waals surface area contributed by atoms with Crippen LogP contribution < -0.4 is 5.32 Å². The molecule has 2 N–H and O–H groups in total. The van der Waals surface area contributed by atoms with Gasteiger partial charge in [-0.05, 0) is 42.3 Å². The van der Waals surface area contributed by atoms with Crippen molar-refractivity contribution in [2.24, 2.45) is 0 Å². The van der Waals surface area contributed by atoms with E-state index in [9.17, 15) is 20.0 Å². The van der Waals surface area contributed by atoms with Crippen LogP contribution in [0.25, 0.3) is 6.08 Å². The minimum absolute atomic E-state index is 0.212. The number of hydrogen-bond acceptors (Lipinski definition) is 5. The summed E-state index contributed by atoms with van der Waals surface area (Å²) >= 11 is 0. The lowest BCUT2D eigenvalue weighted by atomic mass is 10.1. The van der Waals surface area contributed by atoms with Gasteiger partial charge in [0.25, 0.3) is 5.91 Å². The van der Waals surface area contributed by atoms with E-state index in [1.54, 1.807) is 24.3 Å². The highest BCUT2D eigenvalue weighted by Crippen LogP contribution is 2.27. The van der Waals surface area contributed by atoms with Crippen LogP contribution in [-0.2, 0) is 4.79 Å². The number of rotatable bonds is 4. The van der Waals surface area contributed by atoms with Crippen LogP contribution in [0, 0.1) is 28.4 Å². The molecule has 0 aliphatic heterocycles. The number of carbonyl (C=O) groups excluding carboxylic acids is 1. The molecule has 0 aromatic heterocycles. The number of phenolic OH excluding ortho intramolecular Hbond substituents is 1. The Kier molecular flexibility index (Phi) is 4.92. The number of nitro groups is 1. The zero-order chi connectivity index (χ0) is 17.7. The summed E-state index contributed by atoms with van der Waals surface area (Å²) in [7, 11) is 0. The van der Waals surface area contributed by atoms with E-state index >= 15 is 0 Å². The summed E-state index contributed by atoms with van der Waals surface area (Å²) in [6.07, 6.45) is 1.22. The Hall–Kier alpha value is -3.66. The van der Waals surface area contributed by atoms with E-state index in [1.807, 2.05) is 13.0 Å². The molecule has 0 spiro atoms. The first-order valence-electron chi connectivity index (χ1n) is 6.88. The van der Waals surface area contributed by atoms with E-state index in [4.69, 9.17) is 5.26 Å². The molecule has 0 aliphatic carbocycles. The van der Waals surface area contributed by atoms with Crippen molar-refractivity contribution >= 4 is 23.4 Å². The van der Waals surface area contributed by atoms with E-state index < -0.39 is 22.3 Å². The Labute approximate surface area is 137 Å². The van der Waals surface area contributed by atoms with Crippen molar-refractivity contribution < 1.29 is 14.8 Å². The zero-order valence-corrected chi connectivity index (χ0v) is 12.7. The Balaban J connectivity index is 2.29. The van der Waals surface area contributed by atoms with Gasteiger partial charge in [-0.3, -0.25) is 14.9 Å². The van der Waals surface area contributed by atoms with Crippen molar-refractivity contribution in [3.8, 4) is 11.8 Å². The topological polar surface area (TPSA) is 116 Å². The van der Waals surface area contributed by atoms with E-state index in [2.05, 4.69) is 5.32 Å². The van der Waals surface area contributed by atoms with E-state index in [0.29, 0.717) is 5.69 Å². The molecule has 0 heterocycles. The summed E-state index contributed by atoms with van der Waals surface area (Å²) in [6, 6.07) is 12.4. The average Bonchev–Trinajstić information content (AvgIpc) is 2.53. The lowest BCUT2D eigenvalue weighted by molar-refractivity contribution is -0.385. The number of hydrogen-bond donors (Lipinski definition) is 2. The molecule has 0 bridgehead atoms. The number of nitrogens with zero attached hydrogens (tertiary/aromatic N) is 2. The molecule has 24 heavy (non-hydrogen) atoms. The number of phenols is 1. The molecular formula is C17H13N3O4. The van der Waals surface area contributed by atoms with Crippen LogP contribution in [0.4, 0.5) is 11.4 Å². The van der Waals surface area contributed by atoms with Gasteiger partial charge in [-0.15, -0.1) is 0 Å². The molecule has 0 atom stereocenters. The van der Waals surface area contributed by atoms with Crippen molar-refractivity contribution in [1.29, 1.82) is 5.26 Å². The minimum Gasteiger partial charge on any atom is -0.502 e. The smallest absolute Gasteiger partial charge is 0.311 e. The predicted molar refractivity (Wildman–Crippen MR) is 88.2 cm³/mol. The van der Waals surface area contributed by atoms with E-state index in [0.717, 1.165) is 17.7 Å². The molecule has 120 valence electrons. The minimum atomic E-state index is -0.745. The third kappa shape index (κ3) is 3.96. The molecule has 0 aliphatic rings. The highest BCUT2D eigenvalue weighted by Gasteiger charge is 2.15. The third-order valence-corrected chi connectivity index (χ3v) is 3.15. The first-order chi connectivity index (χ1) is 11.4. The maximum Gasteiger partial charge on any atom is 0.311 e. The molecular weight excluding hydrogens is 310 g/mol. The number of carbonyl (C=O) groups is 1. The number of nitro benzene ring substituents is 1. The fourth-order valence-corrected chi connectivity index (χ4v) is 2.01. The number of nitrogens with one attached hydrogen (secondary N) is 1. The zero-order valence-electron chi connectivity index (χ0n) is 12.7. The standard InChI is InChI=1S/C17H13N3O4/c1-11-3-2-4-14(7-11)19-17(22)13(10-18)8-12-5-6-16(21)15(9-12)20(23)24/h2-9,21H,1H3,(H,19,22)/b13-8-. The first-order valence-corrected chi connectivity index (χ1v) is 6.88. The van der Waals surface area contributed by atoms with Gasteiger partial charge in [-0.2, -0.15) is 5.26 Å². The molecule has 0 saturated heterocycles. The van der Waals surface area contributed by atoms with Gasteiger partial charge in [0.2, 0.25) is 0 Å². The first kappa shape index (κ1) is 16.7. The Morgan fingerprint density at radius 3 is 2.71 bits per heavy atom. The molecule has 0 radical (unpaired) electrons. The van der Waals surface area contributed by atoms with Crippen LogP contribution in [-0.4, -0.2) is 15.9 Å². The molecule has 0 saturated carbocycles. The number of nitriles is 1. The summed E-state index contributed by atoms with van der Waals surface area (Å²) in [6.45, 7) is 1.87. The molecule has 1 amide bonds. The molecule has 0 fully saturated rings. The fraction of sp³-hybridized carbons (Fsp3) is 0.0588. The van der Waals surface area contributed by atoms with Crippen molar-refractivity contribution in [3.05, 3.63) is 69.3 Å². The van der Waals surface area contributed by atoms with Crippen molar-refractivity contribution in [1.82, 2.24) is 0 Å². The number of amides is 1. The summed E-state index contributed by atoms with van der Waals surface area (Å²) < 4.78 is 0. The molecule has 2 rings (SSSR count). The molecule has 0 unspecified atom stereocenters. The van der Waals surface area contributed by atoms with Crippen LogP contribution in [0.2, 0.25) is 0 Å². The maximum absolute atomic E-state index is 12.2. The molecule has 2 aromatic rings. The average molecular weight is 323 g/mol. The lowest BCUT2D eigenvalue weighted by Crippen LogP contribution is -2.13. The van der Waals surface area contributed by atoms with Crippen LogP contribution in [0.5, 0.6) is 5.75 Å². The van der Waals surface area contributed by atoms with Crippen LogP contribution in [0.1, 0.15) is 11.1 Å². The van der Waals surface area contributed by atoms with E-state index in [1.165, 1.54) is 12.1 Å². The summed E-state index contributed by atoms with van der Waals surface area (Å²) in [5.41, 5.74) is 1.04. The van der Waals surface area contributed by atoms with Gasteiger partial charge < -0.3 is 10.4 Å². The normalized spacial score (nSPS) is 10.8. The van der Waals surface area contributed by atoms with Crippen molar-refractivity contribution in [2.45, 2.75) is 6.92 Å². The predicted octanol–water partition coefficient (Wildman–Crippen LogP) is 3.15. The van der Waals surface area contributed by atoms with E-state index in [-0.39, 0.29) is 11.1 Å². The lowest BCUT2D eigenvalue weighted by Gasteiger charge is -2.05. The number of aromatic hydroxyl groups is 1. The fourth-order valence-electron chi connectivity index (χ4n) is 2.01. The summed E-state index contributed by atoms with van der Waals surface area (Å²) in [4.78, 5) is 22.2. The van der Waals surface area contributed by atoms with Gasteiger partial charge in [0.1, 0.15) is 11.6 Å². The second-order valence-electron chi connectivity index (χ2n) is 5.00. The second-order valence-corrected chi connectivity index (χ2v) is 5.00. The number of anilines is 1. The largest absolute Gasteiger partial charge is 0.502 e. The van der Waals surface area contributed by atoms with Gasteiger partial charge in [0.15, 0.2) is 5.75 Å². The van der Waals surface area contributed by atoms with Gasteiger partial charge in [0, 0.05) is 11.8 Å². The third-order valence-electron chi connectivity index (χ3n) is 3.15. The Bertz CT molecular complexity index is 882. The summed E-state index contributed by atoms with van der Waals surface area (Å²) in [5.74, 6) is -1.11. The Morgan fingerprint density at radius 2 is 2.08 bits per heavy atom. The molecule has 7 heteroatoms. The van der Waals surface area contributed by atoms with Crippen molar-refractivity contribution in [3.63, 3.8) is 0 Å². The monoisotopic (exact) mass is 323 g/mol. The second kappa shape index (κ2) is 7.07. The SMILES string of the molecule is Cc1cccc(NC(=O)/C(C#N)=C\c2ccc(O)c([N+](=O)[O-])c2)c1. The number of benzene rings is 2. The quantitative estimate of drug-likeness (QED) is 0.388. The highest BCUT2D eigenvalue weighted by atomic mass is 16.6. The van der Waals surface area contributed by atoms with Gasteiger partial charge in [-0.25, -0.2) is 0 Å². The maximum atomic E-state index is 12.2. The van der Waals surface area contributed by atoms with Gasteiger partial charge in [-0.1, -0.05) is 18.2 Å². The van der Waals surface area contributed by atoms with Crippen LogP contribution >= 0.6 is 0 Å². The van der Waals surface area contributed by atoms with Crippen LogP contribution in [0.3, 0.4) is 0 Å². The van der Waals surface area contributed by atoms with Gasteiger partial charge >= 0.3 is 5.69 Å². The summed E-state index contributed by atoms with van der Waals surface area (Å²) in [5, 5.41) is 32.0.